The van der Waals surface area contributed by atoms with Crippen molar-refractivity contribution in [1.82, 2.24) is 20.5 Å². The second kappa shape index (κ2) is 11.1. The predicted octanol–water partition coefficient (Wildman–Crippen LogP) is 7.51. The van der Waals surface area contributed by atoms with E-state index in [2.05, 4.69) is 83.7 Å². The fourth-order valence-electron chi connectivity index (χ4n) is 4.12. The second-order valence-electron chi connectivity index (χ2n) is 10.1. The number of nitrogens with one attached hydrogen (secondary N) is 2. The van der Waals surface area contributed by atoms with Crippen LogP contribution in [0.1, 0.15) is 53.6 Å². The van der Waals surface area contributed by atoms with E-state index in [1.54, 1.807) is 18.0 Å². The van der Waals surface area contributed by atoms with E-state index in [0.717, 1.165) is 37.6 Å². The van der Waals surface area contributed by atoms with Crippen molar-refractivity contribution in [2.75, 3.05) is 0 Å². The normalized spacial score (nSPS) is 11.8. The fraction of sp³-hybridized carbons (Fsp3) is 0.156. The van der Waals surface area contributed by atoms with Crippen LogP contribution in [-0.4, -0.2) is 21.1 Å². The number of amides is 1. The Kier molecular flexibility index (Phi) is 7.43. The third-order valence-corrected chi connectivity index (χ3v) is 7.36. The van der Waals surface area contributed by atoms with E-state index < -0.39 is 0 Å². The zero-order chi connectivity index (χ0) is 26.5. The first-order chi connectivity index (χ1) is 18.4. The van der Waals surface area contributed by atoms with Gasteiger partial charge in [-0.1, -0.05) is 75.0 Å². The maximum Gasteiger partial charge on any atom is 0.252 e. The lowest BCUT2D eigenvalue weighted by Crippen LogP contribution is -2.23. The van der Waals surface area contributed by atoms with Gasteiger partial charge in [0.05, 0.1) is 22.5 Å². The van der Waals surface area contributed by atoms with Gasteiger partial charge in [0.25, 0.3) is 5.91 Å². The highest BCUT2D eigenvalue weighted by Crippen LogP contribution is 2.33. The molecule has 2 N–H and O–H groups in total. The molecule has 0 atom stereocenters. The molecule has 0 aliphatic heterocycles. The zero-order valence-corrected chi connectivity index (χ0v) is 22.5. The smallest absolute Gasteiger partial charge is 0.252 e. The number of pyridine rings is 1. The van der Waals surface area contributed by atoms with Crippen molar-refractivity contribution in [2.24, 2.45) is 0 Å². The molecule has 190 valence electrons. The van der Waals surface area contributed by atoms with E-state index >= 15 is 0 Å². The molecule has 2 aromatic heterocycles. The molecule has 0 aliphatic rings. The molecular weight excluding hydrogens is 488 g/mol. The SMILES string of the molecule is CC(C)(C)c1ccc(CNC(=O)c2ccccc2Sc2ccc3c(/C=C/c4ccccn4)n[nH]c3c2)cc1. The van der Waals surface area contributed by atoms with Crippen molar-refractivity contribution < 1.29 is 4.79 Å². The lowest BCUT2D eigenvalue weighted by atomic mass is 9.87. The highest BCUT2D eigenvalue weighted by atomic mass is 32.2. The van der Waals surface area contributed by atoms with E-state index in [1.165, 1.54) is 5.56 Å². The summed E-state index contributed by atoms with van der Waals surface area (Å²) in [6.07, 6.45) is 5.69. The minimum absolute atomic E-state index is 0.0856. The van der Waals surface area contributed by atoms with Gasteiger partial charge >= 0.3 is 0 Å². The summed E-state index contributed by atoms with van der Waals surface area (Å²) < 4.78 is 0. The molecule has 5 aromatic rings. The van der Waals surface area contributed by atoms with Crippen molar-refractivity contribution in [3.63, 3.8) is 0 Å². The molecule has 0 saturated heterocycles. The minimum Gasteiger partial charge on any atom is -0.348 e. The lowest BCUT2D eigenvalue weighted by molar-refractivity contribution is 0.0948. The van der Waals surface area contributed by atoms with Crippen molar-refractivity contribution in [3.8, 4) is 0 Å². The third kappa shape index (κ3) is 6.03. The summed E-state index contributed by atoms with van der Waals surface area (Å²) in [5.41, 5.74) is 5.80. The number of hydrogen-bond acceptors (Lipinski definition) is 4. The Balaban J connectivity index is 1.28. The van der Waals surface area contributed by atoms with E-state index in [-0.39, 0.29) is 11.3 Å². The second-order valence-corrected chi connectivity index (χ2v) is 11.2. The van der Waals surface area contributed by atoms with Gasteiger partial charge in [0.2, 0.25) is 0 Å². The van der Waals surface area contributed by atoms with Gasteiger partial charge in [-0.05, 0) is 71.2 Å². The van der Waals surface area contributed by atoms with Gasteiger partial charge in [-0.2, -0.15) is 5.10 Å². The Morgan fingerprint density at radius 3 is 2.50 bits per heavy atom. The van der Waals surface area contributed by atoms with Crippen LogP contribution < -0.4 is 5.32 Å². The van der Waals surface area contributed by atoms with Gasteiger partial charge < -0.3 is 5.32 Å². The van der Waals surface area contributed by atoms with E-state index in [1.807, 2.05) is 54.6 Å². The van der Waals surface area contributed by atoms with Crippen LogP contribution in [0.4, 0.5) is 0 Å². The maximum atomic E-state index is 13.1. The molecule has 5 rings (SSSR count). The molecular formula is C32H30N4OS. The van der Waals surface area contributed by atoms with Gasteiger partial charge in [0.15, 0.2) is 0 Å². The zero-order valence-electron chi connectivity index (χ0n) is 21.7. The molecule has 5 nitrogen and oxygen atoms in total. The van der Waals surface area contributed by atoms with Crippen LogP contribution in [-0.2, 0) is 12.0 Å². The summed E-state index contributed by atoms with van der Waals surface area (Å²) >= 11 is 1.57. The Labute approximate surface area is 227 Å². The van der Waals surface area contributed by atoms with Crippen molar-refractivity contribution in [1.29, 1.82) is 0 Å². The fourth-order valence-corrected chi connectivity index (χ4v) is 5.10. The van der Waals surface area contributed by atoms with Crippen molar-refractivity contribution in [3.05, 3.63) is 119 Å². The van der Waals surface area contributed by atoms with E-state index in [4.69, 9.17) is 0 Å². The van der Waals surface area contributed by atoms with Gasteiger partial charge in [-0.3, -0.25) is 14.9 Å². The van der Waals surface area contributed by atoms with E-state index in [0.29, 0.717) is 12.1 Å². The van der Waals surface area contributed by atoms with Crippen LogP contribution in [0.15, 0.2) is 101 Å². The van der Waals surface area contributed by atoms with Crippen LogP contribution in [0.5, 0.6) is 0 Å². The topological polar surface area (TPSA) is 70.7 Å². The Hall–Kier alpha value is -4.16. The van der Waals surface area contributed by atoms with Gasteiger partial charge in [0, 0.05) is 27.9 Å². The van der Waals surface area contributed by atoms with Crippen LogP contribution in [0, 0.1) is 0 Å². The molecule has 0 unspecified atom stereocenters. The molecule has 1 amide bonds. The third-order valence-electron chi connectivity index (χ3n) is 6.30. The van der Waals surface area contributed by atoms with Crippen LogP contribution in [0.25, 0.3) is 23.1 Å². The number of nitrogens with zero attached hydrogens (tertiary/aromatic N) is 2. The molecule has 0 aliphatic carbocycles. The average Bonchev–Trinajstić information content (AvgIpc) is 3.33. The van der Waals surface area contributed by atoms with Crippen LogP contribution in [0.2, 0.25) is 0 Å². The maximum absolute atomic E-state index is 13.1. The van der Waals surface area contributed by atoms with Gasteiger partial charge in [0.1, 0.15) is 0 Å². The number of hydrogen-bond donors (Lipinski definition) is 2. The number of carbonyl (C=O) groups excluding carboxylic acids is 1. The number of aromatic amines is 1. The van der Waals surface area contributed by atoms with Gasteiger partial charge in [-0.15, -0.1) is 0 Å². The van der Waals surface area contributed by atoms with Crippen LogP contribution >= 0.6 is 11.8 Å². The molecule has 3 aromatic carbocycles. The van der Waals surface area contributed by atoms with Crippen molar-refractivity contribution >= 4 is 40.7 Å². The number of carbonyl (C=O) groups is 1. The summed E-state index contributed by atoms with van der Waals surface area (Å²) in [5, 5.41) is 11.7. The predicted molar refractivity (Wildman–Crippen MR) is 156 cm³/mol. The summed E-state index contributed by atoms with van der Waals surface area (Å²) in [4.78, 5) is 19.4. The Bertz CT molecular complexity index is 1580. The standard InChI is InChI=1S/C32H30N4OS/c1-32(2,3)23-13-11-22(12-14-23)21-34-31(37)27-9-4-5-10-30(27)38-25-16-17-26-28(35-36-29(26)20-25)18-15-24-8-6-7-19-33-24/h4-20H,21H2,1-3H3,(H,34,37)(H,35,36)/b18-15+. The first kappa shape index (κ1) is 25.5. The number of H-pyrrole nitrogens is 1. The molecule has 0 saturated carbocycles. The number of fused-ring (bicyclic) bond motifs is 1. The molecule has 0 spiro atoms. The lowest BCUT2D eigenvalue weighted by Gasteiger charge is -2.19. The summed E-state index contributed by atoms with van der Waals surface area (Å²) in [6.45, 7) is 7.07. The number of aromatic nitrogens is 3. The summed E-state index contributed by atoms with van der Waals surface area (Å²) in [6, 6.07) is 28.1. The monoisotopic (exact) mass is 518 g/mol. The quantitative estimate of drug-likeness (QED) is 0.234. The first-order valence-electron chi connectivity index (χ1n) is 12.6. The number of rotatable bonds is 7. The minimum atomic E-state index is -0.0856. The molecule has 0 bridgehead atoms. The van der Waals surface area contributed by atoms with E-state index in [9.17, 15) is 4.79 Å². The molecule has 2 heterocycles. The molecule has 38 heavy (non-hydrogen) atoms. The highest BCUT2D eigenvalue weighted by molar-refractivity contribution is 7.99. The highest BCUT2D eigenvalue weighted by Gasteiger charge is 2.15. The molecule has 0 radical (unpaired) electrons. The van der Waals surface area contributed by atoms with Crippen LogP contribution in [0.3, 0.4) is 0 Å². The van der Waals surface area contributed by atoms with Crippen molar-refractivity contribution in [2.45, 2.75) is 42.5 Å². The Morgan fingerprint density at radius 1 is 0.947 bits per heavy atom. The molecule has 0 fully saturated rings. The molecule has 6 heteroatoms. The largest absolute Gasteiger partial charge is 0.348 e. The first-order valence-corrected chi connectivity index (χ1v) is 13.4. The summed E-state index contributed by atoms with van der Waals surface area (Å²) in [5.74, 6) is -0.0856. The Morgan fingerprint density at radius 2 is 1.74 bits per heavy atom. The number of benzene rings is 3. The summed E-state index contributed by atoms with van der Waals surface area (Å²) in [7, 11) is 0. The van der Waals surface area contributed by atoms with Gasteiger partial charge in [-0.25, -0.2) is 0 Å². The average molecular weight is 519 g/mol.